The average molecular weight is 3000 g/mol. The van der Waals surface area contributed by atoms with E-state index in [0.717, 1.165) is 39.8 Å². The third kappa shape index (κ3) is 28.8. The molecular formula is C11H146O61Si62. The smallest absolute Gasteiger partial charge is 0.337 e. The highest BCUT2D eigenvalue weighted by molar-refractivity contribution is 8.35. The summed E-state index contributed by atoms with van der Waals surface area (Å²) in [6.07, 6.45) is 1.75. The van der Waals surface area contributed by atoms with Gasteiger partial charge in [-0.1, -0.05) is 6.08 Å². The van der Waals surface area contributed by atoms with Gasteiger partial charge < -0.3 is 278 Å². The van der Waals surface area contributed by atoms with E-state index in [9.17, 15) is 190 Å². The zero-order chi connectivity index (χ0) is 105. The maximum atomic E-state index is 17.2. The van der Waals surface area contributed by atoms with Crippen molar-refractivity contribution >= 4 is 538 Å². The summed E-state index contributed by atoms with van der Waals surface area (Å²) in [5.41, 5.74) is 0. The van der Waals surface area contributed by atoms with Crippen molar-refractivity contribution in [1.29, 1.82) is 0 Å². The molecule has 123 heteroatoms. The van der Waals surface area contributed by atoms with Gasteiger partial charge in [-0.3, -0.25) is 0 Å². The Balaban J connectivity index is -0.0000336. The molecule has 0 heterocycles. The molecule has 0 fully saturated rings. The third-order valence-electron chi connectivity index (χ3n) is 22.7. The first kappa shape index (κ1) is 148. The van der Waals surface area contributed by atoms with Gasteiger partial charge in [-0.25, -0.2) is 0 Å². The van der Waals surface area contributed by atoms with Crippen LogP contribution in [-0.2, 0) is 91.2 Å². The Morgan fingerprint density at radius 1 is 0.254 bits per heavy atom. The quantitative estimate of drug-likeness (QED) is 0.0199. The summed E-state index contributed by atoms with van der Waals surface area (Å²) in [6.45, 7) is -82.5. The van der Waals surface area contributed by atoms with Gasteiger partial charge in [0.05, 0.1) is 0 Å². The van der Waals surface area contributed by atoms with Crippen LogP contribution in [0.25, 0.3) is 0 Å². The Bertz CT molecular complexity index is 2980. The molecule has 0 radical (unpaired) electrons. The maximum absolute atomic E-state index is 17.2. The summed E-state index contributed by atoms with van der Waals surface area (Å²) in [5, 5.41) is 0. The fourth-order valence-corrected chi connectivity index (χ4v) is 1260. The van der Waals surface area contributed by atoms with E-state index in [-0.39, 0.29) is 0 Å². The van der Waals surface area contributed by atoms with Crippen LogP contribution in [0.3, 0.4) is 0 Å². The van der Waals surface area contributed by atoms with E-state index >= 15 is 9.26 Å². The number of hydrogen-bond donors (Lipinski definition) is 39. The van der Waals surface area contributed by atoms with Crippen molar-refractivity contribution in [2.24, 2.45) is 0 Å². The second-order valence-electron chi connectivity index (χ2n) is 29.9. The maximum Gasteiger partial charge on any atom is 0.337 e. The fourth-order valence-electron chi connectivity index (χ4n) is 15.8. The molecule has 0 amide bonds. The van der Waals surface area contributed by atoms with Crippen molar-refractivity contribution in [2.45, 2.75) is 39.7 Å². The molecule has 61 nitrogen and oxygen atoms in total. The van der Waals surface area contributed by atoms with E-state index < -0.39 is 538 Å². The van der Waals surface area contributed by atoms with Crippen LogP contribution in [0.4, 0.5) is 0 Å². The second kappa shape index (κ2) is 68.9. The fraction of sp³-hybridized carbons (Fsp3) is 0.636. The minimum absolute atomic E-state index is 0.814. The Morgan fingerprint density at radius 2 is 0.448 bits per heavy atom. The van der Waals surface area contributed by atoms with Gasteiger partial charge in [-0.2, -0.15) is 0 Å². The predicted molar refractivity (Wildman–Crippen MR) is 639 cm³/mol. The third-order valence-corrected chi connectivity index (χ3v) is 684. The second-order valence-corrected chi connectivity index (χ2v) is 391. The summed E-state index contributed by atoms with van der Waals surface area (Å²) in [5.74, 6) is 0. The Labute approximate surface area is 878 Å². The molecule has 39 N–H and O–H groups in total. The Hall–Kier alpha value is 10.3. The zero-order valence-electron chi connectivity index (χ0n) is 75.5. The summed E-state index contributed by atoms with van der Waals surface area (Å²) in [4.78, 5) is 526. The van der Waals surface area contributed by atoms with E-state index in [4.69, 9.17) is 78.5 Å². The first-order chi connectivity index (χ1) is 63.2. The summed E-state index contributed by atoms with van der Waals surface area (Å²) >= 11 is 0. The van der Waals surface area contributed by atoms with Gasteiger partial charge in [0.15, 0.2) is 158 Å². The van der Waals surface area contributed by atoms with Gasteiger partial charge in [-0.15, -0.1) is 19.7 Å². The minimum atomic E-state index is -9.67. The van der Waals surface area contributed by atoms with E-state index in [0.29, 0.717) is 0 Å². The van der Waals surface area contributed by atoms with Crippen molar-refractivity contribution in [1.82, 2.24) is 0 Å². The van der Waals surface area contributed by atoms with E-state index in [1.807, 2.05) is 6.92 Å². The van der Waals surface area contributed by atoms with Gasteiger partial charge in [0.1, 0.15) is 0 Å². The van der Waals surface area contributed by atoms with Gasteiger partial charge in [0.25, 0.3) is 166 Å². The first-order valence-corrected chi connectivity index (χ1v) is 193. The van der Waals surface area contributed by atoms with Crippen LogP contribution >= 0.6 is 0 Å². The van der Waals surface area contributed by atoms with Crippen molar-refractivity contribution in [3.63, 3.8) is 0 Å². The molecule has 0 aliphatic carbocycles. The molecule has 0 aromatic rings. The molecule has 0 bridgehead atoms. The van der Waals surface area contributed by atoms with Crippen molar-refractivity contribution < 1.29 is 278 Å². The molecule has 0 rings (SSSR count). The molecule has 0 aliphatic rings. The van der Waals surface area contributed by atoms with Crippen LogP contribution in [0.5, 0.6) is 0 Å². The highest BCUT2D eigenvalue weighted by atomic mass is 30.6. The summed E-state index contributed by atoms with van der Waals surface area (Å²) in [6, 6.07) is 0. The molecule has 0 aliphatic heterocycles. The van der Waals surface area contributed by atoms with Crippen LogP contribution in [0.1, 0.15) is 6.92 Å². The number of rotatable bonds is 81. The summed E-state index contributed by atoms with van der Waals surface area (Å²) < 4.78 is 175. The Morgan fingerprint density at radius 3 is 0.619 bits per heavy atom. The first-order valence-electron chi connectivity index (χ1n) is 39.4. The van der Waals surface area contributed by atoms with E-state index in [2.05, 4.69) is 19.7 Å². The molecule has 3 atom stereocenters. The lowest BCUT2D eigenvalue weighted by atomic mass is 10.8. The van der Waals surface area contributed by atoms with E-state index in [1.54, 1.807) is 6.08 Å². The average Bonchev–Trinajstić information content (AvgIpc) is 0.611. The Kier molecular flexibility index (Phi) is 76.3. The van der Waals surface area contributed by atoms with Crippen LogP contribution < -0.4 is 0 Å². The minimum Gasteiger partial charge on any atom is -0.442 e. The SMILES string of the molecule is C=C.C=CC.CO[Si]([SiH3])([SiH2]O)[Si](O[SiH2]O)(O[Si]([Si](O[Si](C)(C)[Si](C)=O)(O[Si](O[Si](O[SiH2]O)([SiH2]O)[SiH2]O)([Si](O[SiH2]O)([SiH2]O)[SiH2]O)[Si](O[SiH2]O)([SiH2]O)[SiH2]O)[Si](O[Si](O[SiH2]O)([SiH2]O)[SiH2]O)([Si](O[SiH2]O)([SiH2]O)[SiH2]O)[Si](O[SiH2]O)([SiH2]O)[SiH2]O)([Si](O[Si](O[SiH2]O)([SiH2]O)[SiH2]O)([Si](O[SiH2]O)([SiH2]O)[SiH2]O)[Si](O[SiH2]O)([SiH2]O)[SiH2]O)[Si](O[Si](O[SiH2]O)([SiH2]O)[SiH2]O)([Si](O[SiH2]O)([SiH2]O)[SiH2]O)[Si](O[SiH2]O)([SiH2]O)[SiH2]O)[Si](C)(C)O. The van der Waals surface area contributed by atoms with Crippen molar-refractivity contribution in [3.05, 3.63) is 25.8 Å². The van der Waals surface area contributed by atoms with Crippen molar-refractivity contribution in [2.75, 3.05) is 7.11 Å². The molecule has 0 aromatic carbocycles. The normalized spacial score (nSPS) is 25.1. The molecular weight excluding hydrogens is 2850 g/mol. The predicted octanol–water partition coefficient (Wildman–Crippen LogP) is -63.0. The highest BCUT2D eigenvalue weighted by Crippen LogP contribution is 2.62. The van der Waals surface area contributed by atoms with Gasteiger partial charge in [-0.05, 0) is 39.7 Å². The number of allylic oxidation sites excluding steroid dienone is 1. The highest BCUT2D eigenvalue weighted by Gasteiger charge is 3.08. The van der Waals surface area contributed by atoms with Crippen LogP contribution in [0, 0.1) is 0 Å². The standard InChI is InChI=1S/C6H136O61Si62.C3H6.C2H4/c1-47-117(68,90-28)114(52-73-11,108(3,4)46)67-127(128(122(99-37,100-38)57-78-16,123(101-39,102-40)58-79-17)64-112(86-24,87-25)50-71-9,129(124(103-41,104-42)59-80-18,125(105-43,106-44)60-81-19)65-113(88-26,89-27)51-72-10)116(61-109(5,6)107(2)45,126(120(95-33,96-34)55-76-14,121(97-35,98-36)56-77-15)63-111(84-22,85-23)49-70-8)66-115(118(91-29,92-30)53-74-12,119(93-31,94-32)54-75-13)62-110(82-20,83-21)48-69-7;1-3-2;1-2/h7-44,46H,69-106H2,1-6,68H3;3H,1H2,2H3;1-2H2. The lowest BCUT2D eigenvalue weighted by Gasteiger charge is -2.77. The van der Waals surface area contributed by atoms with Gasteiger partial charge >= 0.3 is 53.2 Å². The largest absolute Gasteiger partial charge is 0.442 e. The van der Waals surface area contributed by atoms with Crippen molar-refractivity contribution in [3.8, 4) is 0 Å². The molecule has 804 valence electrons. The molecule has 3 unspecified atom stereocenters. The zero-order valence-corrected chi connectivity index (χ0v) is 154. The molecule has 0 saturated heterocycles. The lowest BCUT2D eigenvalue weighted by Crippen LogP contribution is -3.21. The number of hydrogen-bond acceptors (Lipinski definition) is 61. The monoisotopic (exact) mass is 2990 g/mol. The topological polar surface area (TPSA) is 1000 Å². The summed E-state index contributed by atoms with van der Waals surface area (Å²) in [7, 11) is -227. The molecule has 134 heavy (non-hydrogen) atoms. The van der Waals surface area contributed by atoms with Gasteiger partial charge in [0, 0.05) is 16.9 Å². The molecule has 0 aromatic heterocycles. The molecule has 0 spiro atoms. The lowest BCUT2D eigenvalue weighted by molar-refractivity contribution is 0.307. The molecule has 0 saturated carbocycles. The van der Waals surface area contributed by atoms with Gasteiger partial charge in [0.2, 0.25) is 152 Å². The van der Waals surface area contributed by atoms with Crippen LogP contribution in [-0.4, -0.2) is 732 Å². The van der Waals surface area contributed by atoms with Crippen LogP contribution in [0.2, 0.25) is 32.7 Å². The van der Waals surface area contributed by atoms with Crippen LogP contribution in [0.15, 0.2) is 25.8 Å². The van der Waals surface area contributed by atoms with E-state index in [1.165, 1.54) is 0 Å².